The molecule has 1 atom stereocenters. The first-order valence-corrected chi connectivity index (χ1v) is 7.29. The van der Waals surface area contributed by atoms with Crippen LogP contribution >= 0.6 is 0 Å². The minimum absolute atomic E-state index is 0.0350. The van der Waals surface area contributed by atoms with Crippen molar-refractivity contribution in [2.75, 3.05) is 33.2 Å². The molecule has 0 aromatic carbocycles. The Kier molecular flexibility index (Phi) is 4.28. The molecule has 0 radical (unpaired) electrons. The molecule has 4 nitrogen and oxygen atoms in total. The van der Waals surface area contributed by atoms with Crippen molar-refractivity contribution in [3.8, 4) is 0 Å². The Bertz CT molecular complexity index is 299. The number of rotatable bonds is 2. The van der Waals surface area contributed by atoms with Crippen LogP contribution in [0.3, 0.4) is 0 Å². The molecule has 0 bridgehead atoms. The lowest BCUT2D eigenvalue weighted by molar-refractivity contribution is -0.147. The van der Waals surface area contributed by atoms with Crippen molar-refractivity contribution >= 4 is 5.91 Å². The Labute approximate surface area is 110 Å². The van der Waals surface area contributed by atoms with Gasteiger partial charge in [0.05, 0.1) is 5.54 Å². The summed E-state index contributed by atoms with van der Waals surface area (Å²) in [6.45, 7) is 5.32. The fourth-order valence-corrected chi connectivity index (χ4v) is 3.52. The summed E-state index contributed by atoms with van der Waals surface area (Å²) < 4.78 is 0. The van der Waals surface area contributed by atoms with E-state index in [1.165, 1.54) is 32.1 Å². The van der Waals surface area contributed by atoms with Gasteiger partial charge in [-0.1, -0.05) is 26.2 Å². The highest BCUT2D eigenvalue weighted by Crippen LogP contribution is 2.36. The first-order valence-electron chi connectivity index (χ1n) is 7.29. The van der Waals surface area contributed by atoms with Gasteiger partial charge in [0.25, 0.3) is 0 Å². The molecular formula is C14H27N3O. The lowest BCUT2D eigenvalue weighted by atomic mass is 9.78. The fourth-order valence-electron chi connectivity index (χ4n) is 3.52. The number of nitrogens with zero attached hydrogens (tertiary/aromatic N) is 2. The van der Waals surface area contributed by atoms with Crippen LogP contribution in [0, 0.1) is 5.92 Å². The highest BCUT2D eigenvalue weighted by Gasteiger charge is 2.44. The average Bonchev–Trinajstić information content (AvgIpc) is 2.38. The normalized spacial score (nSPS) is 26.3. The SMILES string of the molecule is CC(CN)C(=O)N1CCN(C)CC12CCCCC2. The summed E-state index contributed by atoms with van der Waals surface area (Å²) in [4.78, 5) is 17.1. The number of nitrogens with two attached hydrogens (primary N) is 1. The van der Waals surface area contributed by atoms with Crippen LogP contribution in [0.4, 0.5) is 0 Å². The van der Waals surface area contributed by atoms with E-state index < -0.39 is 0 Å². The number of carbonyl (C=O) groups excluding carboxylic acids is 1. The maximum Gasteiger partial charge on any atom is 0.227 e. The monoisotopic (exact) mass is 253 g/mol. The lowest BCUT2D eigenvalue weighted by Crippen LogP contribution is -2.64. The van der Waals surface area contributed by atoms with Crippen molar-refractivity contribution in [3.05, 3.63) is 0 Å². The molecule has 0 aromatic rings. The van der Waals surface area contributed by atoms with Gasteiger partial charge in [-0.15, -0.1) is 0 Å². The van der Waals surface area contributed by atoms with E-state index >= 15 is 0 Å². The molecule has 1 saturated carbocycles. The van der Waals surface area contributed by atoms with Gasteiger partial charge < -0.3 is 15.5 Å². The molecule has 1 amide bonds. The molecule has 1 unspecified atom stereocenters. The lowest BCUT2D eigenvalue weighted by Gasteiger charge is -2.52. The second-order valence-electron chi connectivity index (χ2n) is 6.15. The maximum atomic E-state index is 12.5. The zero-order chi connectivity index (χ0) is 13.2. The maximum absolute atomic E-state index is 12.5. The van der Waals surface area contributed by atoms with E-state index in [2.05, 4.69) is 16.8 Å². The molecule has 1 aliphatic carbocycles. The summed E-state index contributed by atoms with van der Waals surface area (Å²) in [6, 6.07) is 0. The number of hydrogen-bond acceptors (Lipinski definition) is 3. The van der Waals surface area contributed by atoms with Crippen LogP contribution in [0.15, 0.2) is 0 Å². The number of amides is 1. The first kappa shape index (κ1) is 13.8. The molecule has 1 aliphatic heterocycles. The van der Waals surface area contributed by atoms with Crippen LogP contribution in [0.25, 0.3) is 0 Å². The summed E-state index contributed by atoms with van der Waals surface area (Å²) in [5.74, 6) is 0.236. The predicted octanol–water partition coefficient (Wildman–Crippen LogP) is 1.06. The molecule has 4 heteroatoms. The summed E-state index contributed by atoms with van der Waals surface area (Å²) in [5.41, 5.74) is 5.77. The van der Waals surface area contributed by atoms with Gasteiger partial charge in [0, 0.05) is 32.1 Å². The van der Waals surface area contributed by atoms with Gasteiger partial charge in [-0.3, -0.25) is 4.79 Å². The first-order chi connectivity index (χ1) is 8.59. The van der Waals surface area contributed by atoms with Crippen molar-refractivity contribution in [1.29, 1.82) is 0 Å². The van der Waals surface area contributed by atoms with Crippen LogP contribution in [-0.2, 0) is 4.79 Å². The van der Waals surface area contributed by atoms with Crippen LogP contribution in [0.2, 0.25) is 0 Å². The molecule has 104 valence electrons. The largest absolute Gasteiger partial charge is 0.334 e. The average molecular weight is 253 g/mol. The second-order valence-corrected chi connectivity index (χ2v) is 6.15. The topological polar surface area (TPSA) is 49.6 Å². The van der Waals surface area contributed by atoms with E-state index in [1.54, 1.807) is 0 Å². The number of piperazine rings is 1. The Morgan fingerprint density at radius 3 is 2.56 bits per heavy atom. The Morgan fingerprint density at radius 1 is 1.28 bits per heavy atom. The second kappa shape index (κ2) is 5.57. The van der Waals surface area contributed by atoms with E-state index in [-0.39, 0.29) is 17.4 Å². The van der Waals surface area contributed by atoms with Crippen molar-refractivity contribution < 1.29 is 4.79 Å². The molecule has 1 spiro atoms. The van der Waals surface area contributed by atoms with Gasteiger partial charge in [0.2, 0.25) is 5.91 Å². The molecule has 1 heterocycles. The number of likely N-dealkylation sites (N-methyl/N-ethyl adjacent to an activating group) is 1. The van der Waals surface area contributed by atoms with Crippen molar-refractivity contribution in [3.63, 3.8) is 0 Å². The van der Waals surface area contributed by atoms with Crippen molar-refractivity contribution in [1.82, 2.24) is 9.80 Å². The minimum atomic E-state index is -0.0350. The highest BCUT2D eigenvalue weighted by atomic mass is 16.2. The molecule has 0 aromatic heterocycles. The van der Waals surface area contributed by atoms with E-state index in [0.717, 1.165) is 19.6 Å². The predicted molar refractivity (Wildman–Crippen MR) is 73.2 cm³/mol. The Hall–Kier alpha value is -0.610. The summed E-state index contributed by atoms with van der Waals surface area (Å²) in [5, 5.41) is 0. The van der Waals surface area contributed by atoms with Gasteiger partial charge in [0.15, 0.2) is 0 Å². The standard InChI is InChI=1S/C14H27N3O/c1-12(10-15)13(18)17-9-8-16(2)11-14(17)6-4-3-5-7-14/h12H,3-11,15H2,1-2H3. The van der Waals surface area contributed by atoms with E-state index in [1.807, 2.05) is 6.92 Å². The van der Waals surface area contributed by atoms with Gasteiger partial charge in [0.1, 0.15) is 0 Å². The van der Waals surface area contributed by atoms with E-state index in [9.17, 15) is 4.79 Å². The minimum Gasteiger partial charge on any atom is -0.334 e. The number of carbonyl (C=O) groups is 1. The van der Waals surface area contributed by atoms with Gasteiger partial charge in [-0.05, 0) is 19.9 Å². The van der Waals surface area contributed by atoms with Crippen LogP contribution < -0.4 is 5.73 Å². The molecule has 2 fully saturated rings. The van der Waals surface area contributed by atoms with Gasteiger partial charge in [-0.25, -0.2) is 0 Å². The van der Waals surface area contributed by atoms with Gasteiger partial charge in [-0.2, -0.15) is 0 Å². The zero-order valence-electron chi connectivity index (χ0n) is 11.8. The molecular weight excluding hydrogens is 226 g/mol. The third kappa shape index (κ3) is 2.54. The third-order valence-corrected chi connectivity index (χ3v) is 4.67. The smallest absolute Gasteiger partial charge is 0.227 e. The molecule has 18 heavy (non-hydrogen) atoms. The van der Waals surface area contributed by atoms with Crippen LogP contribution in [0.1, 0.15) is 39.0 Å². The quantitative estimate of drug-likeness (QED) is 0.800. The van der Waals surface area contributed by atoms with Crippen molar-refractivity contribution in [2.45, 2.75) is 44.6 Å². The summed E-state index contributed by atoms with van der Waals surface area (Å²) in [6.07, 6.45) is 6.17. The fraction of sp³-hybridized carbons (Fsp3) is 0.929. The zero-order valence-corrected chi connectivity index (χ0v) is 11.8. The van der Waals surface area contributed by atoms with E-state index in [0.29, 0.717) is 6.54 Å². The van der Waals surface area contributed by atoms with Gasteiger partial charge >= 0.3 is 0 Å². The molecule has 1 saturated heterocycles. The molecule has 2 rings (SSSR count). The van der Waals surface area contributed by atoms with E-state index in [4.69, 9.17) is 5.73 Å². The van der Waals surface area contributed by atoms with Crippen LogP contribution in [0.5, 0.6) is 0 Å². The Balaban J connectivity index is 2.17. The third-order valence-electron chi connectivity index (χ3n) is 4.67. The van der Waals surface area contributed by atoms with Crippen LogP contribution in [-0.4, -0.2) is 54.5 Å². The summed E-state index contributed by atoms with van der Waals surface area (Å²) >= 11 is 0. The molecule has 2 N–H and O–H groups in total. The molecule has 2 aliphatic rings. The highest BCUT2D eigenvalue weighted by molar-refractivity contribution is 5.79. The summed E-state index contributed by atoms with van der Waals surface area (Å²) in [7, 11) is 2.17. The Morgan fingerprint density at radius 2 is 1.94 bits per heavy atom. The number of hydrogen-bond donors (Lipinski definition) is 1. The van der Waals surface area contributed by atoms with Crippen molar-refractivity contribution in [2.24, 2.45) is 11.7 Å².